The second-order valence-electron chi connectivity index (χ2n) is 9.64. The third kappa shape index (κ3) is 13.2. The summed E-state index contributed by atoms with van der Waals surface area (Å²) in [6, 6.07) is 13.6. The van der Waals surface area contributed by atoms with E-state index >= 15 is 0 Å². The maximum Gasteiger partial charge on any atom is 0.253 e. The minimum absolute atomic E-state index is 0.168. The van der Waals surface area contributed by atoms with E-state index in [2.05, 4.69) is 44.9 Å². The van der Waals surface area contributed by atoms with Crippen LogP contribution in [0, 0.1) is 13.8 Å². The standard InChI is InChI=1S/C21H24N5OP.C6H12.C4H9NO2/c1-4-22-20-11-16(25-14(3)26-20)12-23-21(27)18-9-10-19(24-13(18)2)15-5-7-17(28)8-6-15;1-2-4-6-5-3-1;1-7-3-2-5-4-6/h5-11H,4,12,28H2,1-3H3,(H,23,27)(H,22,25,26);1-6H2;4H,2-3H2,1H3,(H,5,6). The van der Waals surface area contributed by atoms with Crippen LogP contribution in [0.3, 0.4) is 0 Å². The fourth-order valence-electron chi connectivity index (χ4n) is 4.15. The van der Waals surface area contributed by atoms with Crippen molar-refractivity contribution >= 4 is 32.7 Å². The van der Waals surface area contributed by atoms with Crippen molar-refractivity contribution < 1.29 is 14.3 Å². The monoisotopic (exact) mass is 580 g/mol. The zero-order chi connectivity index (χ0) is 29.9. The Bertz CT molecular complexity index is 1190. The number of anilines is 1. The van der Waals surface area contributed by atoms with Crippen LogP contribution in [0.5, 0.6) is 0 Å². The largest absolute Gasteiger partial charge is 0.383 e. The number of hydrogen-bond acceptors (Lipinski definition) is 7. The van der Waals surface area contributed by atoms with Crippen LogP contribution >= 0.6 is 9.24 Å². The number of carbonyl (C=O) groups excluding carboxylic acids is 2. The molecule has 222 valence electrons. The molecule has 1 atom stereocenters. The lowest BCUT2D eigenvalue weighted by Gasteiger charge is -2.10. The maximum atomic E-state index is 12.6. The fourth-order valence-corrected chi connectivity index (χ4v) is 4.35. The number of amides is 2. The first kappa shape index (κ1) is 33.8. The van der Waals surface area contributed by atoms with E-state index in [0.717, 1.165) is 34.6 Å². The minimum Gasteiger partial charge on any atom is -0.383 e. The number of benzene rings is 1. The van der Waals surface area contributed by atoms with Gasteiger partial charge in [-0.25, -0.2) is 9.97 Å². The summed E-state index contributed by atoms with van der Waals surface area (Å²) in [7, 11) is 4.25. The van der Waals surface area contributed by atoms with Gasteiger partial charge in [-0.1, -0.05) is 62.8 Å². The summed E-state index contributed by atoms with van der Waals surface area (Å²) in [5, 5.41) is 9.65. The van der Waals surface area contributed by atoms with Gasteiger partial charge in [-0.05, 0) is 38.2 Å². The lowest BCUT2D eigenvalue weighted by atomic mass is 10.0. The molecule has 0 saturated heterocycles. The molecule has 1 fully saturated rings. The first-order valence-electron chi connectivity index (χ1n) is 14.2. The van der Waals surface area contributed by atoms with Crippen LogP contribution in [0.15, 0.2) is 42.5 Å². The Morgan fingerprint density at radius 3 is 2.20 bits per heavy atom. The number of pyridine rings is 1. The predicted molar refractivity (Wildman–Crippen MR) is 170 cm³/mol. The Balaban J connectivity index is 0.000000372. The van der Waals surface area contributed by atoms with Gasteiger partial charge in [0.2, 0.25) is 6.41 Å². The van der Waals surface area contributed by atoms with Gasteiger partial charge < -0.3 is 20.7 Å². The van der Waals surface area contributed by atoms with Crippen molar-refractivity contribution in [3.05, 3.63) is 65.2 Å². The van der Waals surface area contributed by atoms with E-state index < -0.39 is 0 Å². The molecule has 4 rings (SSSR count). The fraction of sp³-hybridized carbons (Fsp3) is 0.452. The predicted octanol–water partition coefficient (Wildman–Crippen LogP) is 4.74. The SMILES string of the molecule is C1CCCCC1.CCNc1cc(CNC(=O)c2ccc(-c3ccc(P)cc3)nc2C)nc(C)n1.COCCNC=O. The number of methoxy groups -OCH3 is 1. The van der Waals surface area contributed by atoms with Gasteiger partial charge in [-0.3, -0.25) is 14.6 Å². The average molecular weight is 581 g/mol. The molecular weight excluding hydrogens is 535 g/mol. The summed E-state index contributed by atoms with van der Waals surface area (Å²) in [6.07, 6.45) is 9.65. The zero-order valence-corrected chi connectivity index (χ0v) is 26.0. The Morgan fingerprint density at radius 1 is 0.976 bits per heavy atom. The molecule has 3 N–H and O–H groups in total. The summed E-state index contributed by atoms with van der Waals surface area (Å²) in [6.45, 7) is 7.98. The Labute approximate surface area is 246 Å². The minimum atomic E-state index is -0.168. The molecule has 3 aromatic rings. The third-order valence-electron chi connectivity index (χ3n) is 6.25. The average Bonchev–Trinajstić information content (AvgIpc) is 2.98. The maximum absolute atomic E-state index is 12.6. The second-order valence-corrected chi connectivity index (χ2v) is 10.3. The summed E-state index contributed by atoms with van der Waals surface area (Å²) in [5.41, 5.74) is 3.88. The molecular formula is C31H45N6O3P. The van der Waals surface area contributed by atoms with Gasteiger partial charge in [0, 0.05) is 31.8 Å². The Kier molecular flexibility index (Phi) is 16.2. The molecule has 10 heteroatoms. The highest BCUT2D eigenvalue weighted by atomic mass is 31.0. The van der Waals surface area contributed by atoms with E-state index in [0.29, 0.717) is 43.2 Å². The number of nitrogens with one attached hydrogen (secondary N) is 3. The summed E-state index contributed by atoms with van der Waals surface area (Å²) < 4.78 is 4.62. The van der Waals surface area contributed by atoms with Crippen LogP contribution in [0.4, 0.5) is 5.82 Å². The number of nitrogens with zero attached hydrogens (tertiary/aromatic N) is 3. The normalized spacial score (nSPS) is 12.1. The number of ether oxygens (including phenoxy) is 1. The molecule has 1 unspecified atom stereocenters. The van der Waals surface area contributed by atoms with Gasteiger partial charge in [0.1, 0.15) is 11.6 Å². The van der Waals surface area contributed by atoms with Crippen LogP contribution in [0.1, 0.15) is 73.0 Å². The number of aromatic nitrogens is 3. The van der Waals surface area contributed by atoms with Gasteiger partial charge in [0.25, 0.3) is 5.91 Å². The van der Waals surface area contributed by atoms with Gasteiger partial charge >= 0.3 is 0 Å². The van der Waals surface area contributed by atoms with Crippen molar-refractivity contribution in [3.8, 4) is 11.3 Å². The molecule has 0 radical (unpaired) electrons. The van der Waals surface area contributed by atoms with Crippen LogP contribution in [-0.2, 0) is 16.1 Å². The molecule has 1 aromatic carbocycles. The molecule has 2 aromatic heterocycles. The van der Waals surface area contributed by atoms with Crippen LogP contribution < -0.4 is 21.3 Å². The van der Waals surface area contributed by atoms with Crippen LogP contribution in [0.25, 0.3) is 11.3 Å². The first-order chi connectivity index (χ1) is 19.9. The highest BCUT2D eigenvalue weighted by Gasteiger charge is 2.12. The molecule has 0 spiro atoms. The first-order valence-corrected chi connectivity index (χ1v) is 14.8. The highest BCUT2D eigenvalue weighted by molar-refractivity contribution is 7.27. The van der Waals surface area contributed by atoms with Gasteiger partial charge in [-0.2, -0.15) is 0 Å². The van der Waals surface area contributed by atoms with Crippen molar-refractivity contribution in [3.63, 3.8) is 0 Å². The van der Waals surface area contributed by atoms with Gasteiger partial charge in [-0.15, -0.1) is 9.24 Å². The molecule has 1 saturated carbocycles. The van der Waals surface area contributed by atoms with E-state index in [1.54, 1.807) is 7.11 Å². The second kappa shape index (κ2) is 19.6. The molecule has 2 heterocycles. The van der Waals surface area contributed by atoms with E-state index in [-0.39, 0.29) is 5.91 Å². The molecule has 0 bridgehead atoms. The van der Waals surface area contributed by atoms with Crippen molar-refractivity contribution in [1.29, 1.82) is 0 Å². The zero-order valence-electron chi connectivity index (χ0n) is 24.8. The van der Waals surface area contributed by atoms with Gasteiger partial charge in [0.05, 0.1) is 35.8 Å². The highest BCUT2D eigenvalue weighted by Crippen LogP contribution is 2.19. The smallest absolute Gasteiger partial charge is 0.253 e. The molecule has 1 aliphatic rings. The molecule has 0 aliphatic heterocycles. The van der Waals surface area contributed by atoms with Crippen molar-refractivity contribution in [2.24, 2.45) is 0 Å². The van der Waals surface area contributed by atoms with E-state index in [4.69, 9.17) is 0 Å². The topological polar surface area (TPSA) is 118 Å². The number of hydrogen-bond donors (Lipinski definition) is 3. The lowest BCUT2D eigenvalue weighted by Crippen LogP contribution is -2.24. The van der Waals surface area contributed by atoms with E-state index in [1.807, 2.05) is 63.2 Å². The number of rotatable bonds is 10. The third-order valence-corrected chi connectivity index (χ3v) is 6.63. The van der Waals surface area contributed by atoms with Gasteiger partial charge in [0.15, 0.2) is 0 Å². The molecule has 2 amide bonds. The van der Waals surface area contributed by atoms with Crippen molar-refractivity contribution in [2.75, 3.05) is 32.1 Å². The lowest BCUT2D eigenvalue weighted by molar-refractivity contribution is -0.109. The van der Waals surface area contributed by atoms with E-state index in [9.17, 15) is 9.59 Å². The quantitative estimate of drug-likeness (QED) is 0.180. The summed E-state index contributed by atoms with van der Waals surface area (Å²) in [4.78, 5) is 35.4. The Morgan fingerprint density at radius 2 is 1.63 bits per heavy atom. The van der Waals surface area contributed by atoms with Crippen LogP contribution in [0.2, 0.25) is 0 Å². The summed E-state index contributed by atoms with van der Waals surface area (Å²) in [5.74, 6) is 1.26. The van der Waals surface area contributed by atoms with Crippen molar-refractivity contribution in [2.45, 2.75) is 65.8 Å². The molecule has 41 heavy (non-hydrogen) atoms. The Hall–Kier alpha value is -3.42. The summed E-state index contributed by atoms with van der Waals surface area (Å²) >= 11 is 0. The number of aryl methyl sites for hydroxylation is 2. The molecule has 9 nitrogen and oxygen atoms in total. The molecule has 1 aliphatic carbocycles. The number of carbonyl (C=O) groups is 2. The van der Waals surface area contributed by atoms with Crippen LogP contribution in [-0.4, -0.2) is 54.1 Å². The van der Waals surface area contributed by atoms with Crippen molar-refractivity contribution in [1.82, 2.24) is 25.6 Å². The van der Waals surface area contributed by atoms with E-state index in [1.165, 1.54) is 38.5 Å².